The predicted molar refractivity (Wildman–Crippen MR) is 69.7 cm³/mol. The van der Waals surface area contributed by atoms with Crippen LogP contribution in [-0.2, 0) is 4.79 Å². The van der Waals surface area contributed by atoms with Crippen LogP contribution in [-0.4, -0.2) is 17.6 Å². The van der Waals surface area contributed by atoms with Gasteiger partial charge in [-0.05, 0) is 30.0 Å². The molecular formula is C12H15Cl2NO2. The van der Waals surface area contributed by atoms with Crippen LogP contribution in [0.5, 0.6) is 0 Å². The molecule has 0 bridgehead atoms. The Hall–Kier alpha value is -0.770. The van der Waals surface area contributed by atoms with Crippen LogP contribution in [0, 0.1) is 5.92 Å². The van der Waals surface area contributed by atoms with E-state index < -0.39 is 11.9 Å². The topological polar surface area (TPSA) is 63.3 Å². The molecule has 0 fully saturated rings. The minimum absolute atomic E-state index is 0.0319. The largest absolute Gasteiger partial charge is 0.481 e. The highest BCUT2D eigenvalue weighted by Gasteiger charge is 2.20. The molecule has 0 aliphatic carbocycles. The quantitative estimate of drug-likeness (QED) is 0.868. The Morgan fingerprint density at radius 1 is 1.47 bits per heavy atom. The third kappa shape index (κ3) is 3.87. The Bertz CT molecular complexity index is 409. The number of benzene rings is 1. The van der Waals surface area contributed by atoms with Gasteiger partial charge < -0.3 is 10.8 Å². The molecule has 3 N–H and O–H groups in total. The summed E-state index contributed by atoms with van der Waals surface area (Å²) in [5.74, 6) is -1.38. The molecule has 1 rings (SSSR count). The van der Waals surface area contributed by atoms with E-state index >= 15 is 0 Å². The number of carbonyl (C=O) groups is 1. The third-order valence-corrected chi connectivity index (χ3v) is 3.33. The summed E-state index contributed by atoms with van der Waals surface area (Å²) in [6.45, 7) is 2.06. The second kappa shape index (κ2) is 6.24. The molecule has 0 amide bonds. The lowest BCUT2D eigenvalue weighted by atomic mass is 9.90. The van der Waals surface area contributed by atoms with E-state index in [4.69, 9.17) is 34.0 Å². The lowest BCUT2D eigenvalue weighted by molar-refractivity contribution is -0.141. The van der Waals surface area contributed by atoms with Crippen molar-refractivity contribution in [2.24, 2.45) is 11.7 Å². The van der Waals surface area contributed by atoms with E-state index in [2.05, 4.69) is 0 Å². The van der Waals surface area contributed by atoms with Gasteiger partial charge in [-0.3, -0.25) is 4.79 Å². The van der Waals surface area contributed by atoms with Crippen molar-refractivity contribution in [3.05, 3.63) is 33.8 Å². The molecule has 3 nitrogen and oxygen atoms in total. The van der Waals surface area contributed by atoms with Crippen LogP contribution in [0.3, 0.4) is 0 Å². The summed E-state index contributed by atoms with van der Waals surface area (Å²) in [5.41, 5.74) is 6.33. The molecule has 0 saturated heterocycles. The van der Waals surface area contributed by atoms with Crippen molar-refractivity contribution in [1.29, 1.82) is 0 Å². The van der Waals surface area contributed by atoms with E-state index in [0.717, 1.165) is 5.56 Å². The van der Waals surface area contributed by atoms with E-state index in [0.29, 0.717) is 16.5 Å². The Balaban J connectivity index is 2.82. The predicted octanol–water partition coefficient (Wildman–Crippen LogP) is 3.15. The highest BCUT2D eigenvalue weighted by Crippen LogP contribution is 2.31. The molecule has 0 spiro atoms. The maximum absolute atomic E-state index is 10.9. The van der Waals surface area contributed by atoms with Crippen molar-refractivity contribution in [3.8, 4) is 0 Å². The third-order valence-electron chi connectivity index (χ3n) is 2.77. The zero-order chi connectivity index (χ0) is 13.0. The summed E-state index contributed by atoms with van der Waals surface area (Å²) in [5, 5.41) is 10.1. The summed E-state index contributed by atoms with van der Waals surface area (Å²) >= 11 is 11.9. The van der Waals surface area contributed by atoms with Crippen LogP contribution in [0.1, 0.15) is 24.8 Å². The van der Waals surface area contributed by atoms with Crippen molar-refractivity contribution in [1.82, 2.24) is 0 Å². The van der Waals surface area contributed by atoms with Gasteiger partial charge in [-0.15, -0.1) is 0 Å². The molecule has 0 saturated carbocycles. The number of carboxylic acids is 1. The first kappa shape index (κ1) is 14.3. The molecule has 5 heteroatoms. The monoisotopic (exact) mass is 275 g/mol. The molecule has 1 aromatic carbocycles. The highest BCUT2D eigenvalue weighted by atomic mass is 35.5. The van der Waals surface area contributed by atoms with Crippen LogP contribution < -0.4 is 5.73 Å². The van der Waals surface area contributed by atoms with Crippen LogP contribution in [0.4, 0.5) is 0 Å². The average molecular weight is 276 g/mol. The second-order valence-corrected chi connectivity index (χ2v) is 4.92. The van der Waals surface area contributed by atoms with E-state index in [1.807, 2.05) is 13.0 Å². The second-order valence-electron chi connectivity index (χ2n) is 4.07. The molecule has 0 aromatic heterocycles. The maximum atomic E-state index is 10.9. The zero-order valence-electron chi connectivity index (χ0n) is 9.49. The Morgan fingerprint density at radius 3 is 2.59 bits per heavy atom. The van der Waals surface area contributed by atoms with Crippen LogP contribution in [0.15, 0.2) is 18.2 Å². The van der Waals surface area contributed by atoms with E-state index in [1.54, 1.807) is 12.1 Å². The van der Waals surface area contributed by atoms with Crippen molar-refractivity contribution in [3.63, 3.8) is 0 Å². The van der Waals surface area contributed by atoms with E-state index in [1.165, 1.54) is 0 Å². The minimum atomic E-state index is -0.871. The summed E-state index contributed by atoms with van der Waals surface area (Å²) in [6.07, 6.45) is 0.465. The molecular weight excluding hydrogens is 261 g/mol. The normalized spacial score (nSPS) is 14.4. The van der Waals surface area contributed by atoms with Crippen LogP contribution >= 0.6 is 23.2 Å². The van der Waals surface area contributed by atoms with Gasteiger partial charge in [0.25, 0.3) is 0 Å². The van der Waals surface area contributed by atoms with Gasteiger partial charge in [0.15, 0.2) is 0 Å². The fourth-order valence-corrected chi connectivity index (χ4v) is 2.35. The minimum Gasteiger partial charge on any atom is -0.481 e. The smallest absolute Gasteiger partial charge is 0.307 e. The Kier molecular flexibility index (Phi) is 5.25. The number of hydrogen-bond donors (Lipinski definition) is 2. The van der Waals surface area contributed by atoms with E-state index in [-0.39, 0.29) is 12.5 Å². The first-order valence-electron chi connectivity index (χ1n) is 5.33. The number of hydrogen-bond acceptors (Lipinski definition) is 2. The number of aliphatic carboxylic acids is 1. The van der Waals surface area contributed by atoms with Gasteiger partial charge in [0.1, 0.15) is 0 Å². The van der Waals surface area contributed by atoms with Gasteiger partial charge in [0.05, 0.1) is 5.92 Å². The Labute approximate surface area is 111 Å². The standard InChI is InChI=1S/C12H15Cl2NO2/c1-7(4-8(6-15)12(16)17)10-3-2-9(13)5-11(10)14/h2-3,5,7-8H,4,6,15H2,1H3,(H,16,17). The van der Waals surface area contributed by atoms with Crippen molar-refractivity contribution < 1.29 is 9.90 Å². The lowest BCUT2D eigenvalue weighted by Crippen LogP contribution is -2.24. The van der Waals surface area contributed by atoms with Gasteiger partial charge in [0.2, 0.25) is 0 Å². The lowest BCUT2D eigenvalue weighted by Gasteiger charge is -2.17. The number of halogens is 2. The molecule has 0 radical (unpaired) electrons. The number of rotatable bonds is 5. The first-order chi connectivity index (χ1) is 7.95. The van der Waals surface area contributed by atoms with Gasteiger partial charge in [-0.2, -0.15) is 0 Å². The summed E-state index contributed by atoms with van der Waals surface area (Å²) in [6, 6.07) is 5.23. The first-order valence-corrected chi connectivity index (χ1v) is 6.09. The highest BCUT2D eigenvalue weighted by molar-refractivity contribution is 6.35. The van der Waals surface area contributed by atoms with Crippen LogP contribution in [0.25, 0.3) is 0 Å². The summed E-state index contributed by atoms with van der Waals surface area (Å²) < 4.78 is 0. The average Bonchev–Trinajstić information content (AvgIpc) is 2.24. The molecule has 2 unspecified atom stereocenters. The summed E-state index contributed by atoms with van der Waals surface area (Å²) in [4.78, 5) is 10.9. The molecule has 2 atom stereocenters. The van der Waals surface area contributed by atoms with E-state index in [9.17, 15) is 4.79 Å². The van der Waals surface area contributed by atoms with Crippen molar-refractivity contribution >= 4 is 29.2 Å². The summed E-state index contributed by atoms with van der Waals surface area (Å²) in [7, 11) is 0. The molecule has 0 aliphatic heterocycles. The number of nitrogens with two attached hydrogens (primary N) is 1. The molecule has 17 heavy (non-hydrogen) atoms. The SMILES string of the molecule is CC(CC(CN)C(=O)O)c1ccc(Cl)cc1Cl. The van der Waals surface area contributed by atoms with Gasteiger partial charge >= 0.3 is 5.97 Å². The van der Waals surface area contributed by atoms with Crippen LogP contribution in [0.2, 0.25) is 10.0 Å². The maximum Gasteiger partial charge on any atom is 0.307 e. The number of carboxylic acid groups (broad SMARTS) is 1. The van der Waals surface area contributed by atoms with Gasteiger partial charge in [-0.25, -0.2) is 0 Å². The molecule has 0 heterocycles. The Morgan fingerprint density at radius 2 is 2.12 bits per heavy atom. The fraction of sp³-hybridized carbons (Fsp3) is 0.417. The van der Waals surface area contributed by atoms with Gasteiger partial charge in [0, 0.05) is 16.6 Å². The van der Waals surface area contributed by atoms with Crippen molar-refractivity contribution in [2.75, 3.05) is 6.54 Å². The fourth-order valence-electron chi connectivity index (χ4n) is 1.75. The zero-order valence-corrected chi connectivity index (χ0v) is 11.0. The van der Waals surface area contributed by atoms with Crippen molar-refractivity contribution in [2.45, 2.75) is 19.3 Å². The van der Waals surface area contributed by atoms with Gasteiger partial charge in [-0.1, -0.05) is 36.2 Å². The molecule has 0 aliphatic rings. The molecule has 94 valence electrons. The molecule has 1 aromatic rings.